The number of piperidine rings is 1. The van der Waals surface area contributed by atoms with Crippen LogP contribution in [-0.2, 0) is 11.8 Å². The Labute approximate surface area is 251 Å². The highest BCUT2D eigenvalue weighted by atomic mass is 32.1. The second-order valence-corrected chi connectivity index (χ2v) is 13.6. The highest BCUT2D eigenvalue weighted by Gasteiger charge is 2.43. The molecule has 42 heavy (non-hydrogen) atoms. The molecule has 4 aliphatic rings. The Morgan fingerprint density at radius 1 is 1.10 bits per heavy atom. The second-order valence-electron chi connectivity index (χ2n) is 12.4. The van der Waals surface area contributed by atoms with Gasteiger partial charge in [-0.05, 0) is 65.0 Å². The maximum Gasteiger partial charge on any atom is 0.237 e. The Morgan fingerprint density at radius 3 is 2.64 bits per heavy atom. The zero-order valence-corrected chi connectivity index (χ0v) is 25.2. The van der Waals surface area contributed by atoms with Crippen LogP contribution in [0.5, 0.6) is 5.75 Å². The van der Waals surface area contributed by atoms with Crippen molar-refractivity contribution in [1.82, 2.24) is 25.3 Å². The van der Waals surface area contributed by atoms with Gasteiger partial charge in [0.2, 0.25) is 11.7 Å². The molecule has 3 aromatic rings. The Hall–Kier alpha value is -3.20. The molecule has 2 saturated heterocycles. The van der Waals surface area contributed by atoms with Gasteiger partial charge < -0.3 is 25.2 Å². The first-order chi connectivity index (χ1) is 20.5. The molecule has 0 amide bonds. The first-order valence-corrected chi connectivity index (χ1v) is 16.4. The molecular formula is C31H40N8O2S. The number of thiophene rings is 1. The molecule has 2 aliphatic heterocycles. The standard InChI is InChI=1S/C31H40N8O2S/c1-31(10-4-7-25-27(31)23(19-32)28(33)42-25)30-36-29(37-41-30)24-17-22(40-21-8-11-34-12-9-21)18-26(35-24)39-15-13-38(14-16-39)20-5-2-3-6-20/h17-18,20-21,34H,2-16,33H2,1H3. The molecule has 1 saturated carbocycles. The van der Waals surface area contributed by atoms with E-state index in [9.17, 15) is 5.26 Å². The van der Waals surface area contributed by atoms with Crippen molar-refractivity contribution >= 4 is 22.2 Å². The summed E-state index contributed by atoms with van der Waals surface area (Å²) in [6.45, 7) is 8.01. The summed E-state index contributed by atoms with van der Waals surface area (Å²) in [6, 6.07) is 7.11. The average Bonchev–Trinajstić information content (AvgIpc) is 3.79. The summed E-state index contributed by atoms with van der Waals surface area (Å²) in [7, 11) is 0. The lowest BCUT2D eigenvalue weighted by molar-refractivity contribution is 0.162. The van der Waals surface area contributed by atoms with Crippen LogP contribution in [0.25, 0.3) is 11.5 Å². The minimum Gasteiger partial charge on any atom is -0.490 e. The lowest BCUT2D eigenvalue weighted by Gasteiger charge is -2.38. The van der Waals surface area contributed by atoms with E-state index in [1.165, 1.54) is 37.0 Å². The molecule has 3 fully saturated rings. The molecule has 0 radical (unpaired) electrons. The number of hydrogen-bond acceptors (Lipinski definition) is 11. The van der Waals surface area contributed by atoms with Crippen LogP contribution in [0.1, 0.15) is 80.2 Å². The van der Waals surface area contributed by atoms with Crippen molar-refractivity contribution in [3.63, 3.8) is 0 Å². The van der Waals surface area contributed by atoms with E-state index in [4.69, 9.17) is 25.0 Å². The van der Waals surface area contributed by atoms with Crippen LogP contribution < -0.4 is 20.7 Å². The van der Waals surface area contributed by atoms with E-state index in [1.807, 2.05) is 6.07 Å². The molecule has 0 aromatic carbocycles. The lowest BCUT2D eigenvalue weighted by Crippen LogP contribution is -2.50. The van der Waals surface area contributed by atoms with E-state index in [0.29, 0.717) is 28.0 Å². The largest absolute Gasteiger partial charge is 0.490 e. The molecule has 2 aliphatic carbocycles. The van der Waals surface area contributed by atoms with Crippen molar-refractivity contribution in [3.05, 3.63) is 34.0 Å². The first kappa shape index (κ1) is 27.6. The molecule has 0 bridgehead atoms. The first-order valence-electron chi connectivity index (χ1n) is 15.6. The van der Waals surface area contributed by atoms with E-state index in [0.717, 1.165) is 99.4 Å². The molecule has 5 heterocycles. The molecule has 1 atom stereocenters. The number of hydrogen-bond donors (Lipinski definition) is 2. The molecule has 3 aromatic heterocycles. The molecule has 7 rings (SSSR count). The summed E-state index contributed by atoms with van der Waals surface area (Å²) in [5.74, 6) is 2.65. The fraction of sp³-hybridized carbons (Fsp3) is 0.613. The highest BCUT2D eigenvalue weighted by molar-refractivity contribution is 7.16. The fourth-order valence-electron chi connectivity index (χ4n) is 7.39. The Kier molecular flexibility index (Phi) is 7.54. The summed E-state index contributed by atoms with van der Waals surface area (Å²) in [4.78, 5) is 16.2. The fourth-order valence-corrected chi connectivity index (χ4v) is 8.58. The number of nitriles is 1. The van der Waals surface area contributed by atoms with Gasteiger partial charge in [-0.1, -0.05) is 18.0 Å². The topological polar surface area (TPSA) is 129 Å². The smallest absolute Gasteiger partial charge is 0.237 e. The summed E-state index contributed by atoms with van der Waals surface area (Å²) in [5.41, 5.74) is 7.82. The number of rotatable bonds is 6. The maximum atomic E-state index is 9.90. The lowest BCUT2D eigenvalue weighted by atomic mass is 9.72. The predicted octanol–water partition coefficient (Wildman–Crippen LogP) is 4.48. The number of nitrogen functional groups attached to an aromatic ring is 1. The number of ether oxygens (including phenoxy) is 1. The van der Waals surface area contributed by atoms with Crippen molar-refractivity contribution in [3.8, 4) is 23.3 Å². The number of fused-ring (bicyclic) bond motifs is 1. The number of nitrogens with zero attached hydrogens (tertiary/aromatic N) is 6. The van der Waals surface area contributed by atoms with E-state index >= 15 is 0 Å². The molecule has 1 unspecified atom stereocenters. The molecule has 222 valence electrons. The summed E-state index contributed by atoms with van der Waals surface area (Å²) >= 11 is 1.51. The van der Waals surface area contributed by atoms with Gasteiger partial charge in [-0.25, -0.2) is 4.98 Å². The second kappa shape index (κ2) is 11.5. The van der Waals surface area contributed by atoms with Gasteiger partial charge in [0, 0.05) is 54.8 Å². The van der Waals surface area contributed by atoms with Gasteiger partial charge in [0.1, 0.15) is 34.4 Å². The molecule has 0 spiro atoms. The van der Waals surface area contributed by atoms with Gasteiger partial charge in [0.05, 0.1) is 11.0 Å². The quantitative estimate of drug-likeness (QED) is 0.425. The highest BCUT2D eigenvalue weighted by Crippen LogP contribution is 2.48. The summed E-state index contributed by atoms with van der Waals surface area (Å²) < 4.78 is 12.5. The summed E-state index contributed by atoms with van der Waals surface area (Å²) in [5, 5.41) is 18.3. The third-order valence-electron chi connectivity index (χ3n) is 9.73. The third kappa shape index (κ3) is 5.14. The van der Waals surface area contributed by atoms with Crippen molar-refractivity contribution in [2.75, 3.05) is 49.9 Å². The normalized spacial score (nSPS) is 24.0. The minimum absolute atomic E-state index is 0.169. The Balaban J connectivity index is 1.19. The zero-order chi connectivity index (χ0) is 28.7. The Morgan fingerprint density at radius 2 is 1.88 bits per heavy atom. The third-order valence-corrected chi connectivity index (χ3v) is 10.8. The molecule has 11 heteroatoms. The van der Waals surface area contributed by atoms with Gasteiger partial charge in [-0.2, -0.15) is 10.2 Å². The molecule has 3 N–H and O–H groups in total. The molecule has 10 nitrogen and oxygen atoms in total. The van der Waals surface area contributed by atoms with Crippen LogP contribution in [0, 0.1) is 11.3 Å². The van der Waals surface area contributed by atoms with Crippen LogP contribution in [0.2, 0.25) is 0 Å². The zero-order valence-electron chi connectivity index (χ0n) is 24.4. The number of anilines is 2. The number of pyridine rings is 1. The number of nitrogens with two attached hydrogens (primary N) is 1. The van der Waals surface area contributed by atoms with Gasteiger partial charge >= 0.3 is 0 Å². The SMILES string of the molecule is CC1(c2nc(-c3cc(OC4CCNCC4)cc(N4CCN(C5CCCC5)CC4)n3)no2)CCCc2sc(N)c(C#N)c21. The van der Waals surface area contributed by atoms with Crippen molar-refractivity contribution in [1.29, 1.82) is 5.26 Å². The number of nitrogens with one attached hydrogen (secondary N) is 1. The van der Waals surface area contributed by atoms with E-state index in [-0.39, 0.29) is 6.10 Å². The number of aryl methyl sites for hydroxylation is 1. The minimum atomic E-state index is -0.569. The van der Waals surface area contributed by atoms with Crippen molar-refractivity contribution in [2.24, 2.45) is 0 Å². The summed E-state index contributed by atoms with van der Waals surface area (Å²) in [6.07, 6.45) is 10.2. The Bertz CT molecular complexity index is 1460. The van der Waals surface area contributed by atoms with E-state index in [1.54, 1.807) is 0 Å². The van der Waals surface area contributed by atoms with E-state index < -0.39 is 5.41 Å². The van der Waals surface area contributed by atoms with Crippen LogP contribution >= 0.6 is 11.3 Å². The van der Waals surface area contributed by atoms with Crippen LogP contribution in [0.15, 0.2) is 16.7 Å². The maximum absolute atomic E-state index is 9.90. The number of aromatic nitrogens is 3. The number of piperazine rings is 1. The molecular weight excluding hydrogens is 548 g/mol. The van der Waals surface area contributed by atoms with Crippen molar-refractivity contribution < 1.29 is 9.26 Å². The predicted molar refractivity (Wildman–Crippen MR) is 163 cm³/mol. The van der Waals surface area contributed by atoms with Crippen molar-refractivity contribution in [2.45, 2.75) is 82.3 Å². The van der Waals surface area contributed by atoms with Crippen LogP contribution in [0.4, 0.5) is 10.8 Å². The average molecular weight is 589 g/mol. The van der Waals surface area contributed by atoms with Gasteiger partial charge in [0.25, 0.3) is 0 Å². The van der Waals surface area contributed by atoms with Gasteiger partial charge in [-0.3, -0.25) is 4.90 Å². The van der Waals surface area contributed by atoms with Crippen LogP contribution in [0.3, 0.4) is 0 Å². The van der Waals surface area contributed by atoms with Gasteiger partial charge in [0.15, 0.2) is 0 Å². The monoisotopic (exact) mass is 588 g/mol. The van der Waals surface area contributed by atoms with Gasteiger partial charge in [-0.15, -0.1) is 11.3 Å². The van der Waals surface area contributed by atoms with Crippen LogP contribution in [-0.4, -0.2) is 71.4 Å². The van der Waals surface area contributed by atoms with E-state index in [2.05, 4.69) is 39.3 Å².